The fourth-order valence-corrected chi connectivity index (χ4v) is 3.31. The molecule has 0 saturated carbocycles. The summed E-state index contributed by atoms with van der Waals surface area (Å²) in [6, 6.07) is 6.74. The summed E-state index contributed by atoms with van der Waals surface area (Å²) >= 11 is 6.16. The summed E-state index contributed by atoms with van der Waals surface area (Å²) in [6.07, 6.45) is 0. The Labute approximate surface area is 155 Å². The zero-order valence-electron chi connectivity index (χ0n) is 14.2. The molecule has 0 aromatic heterocycles. The van der Waals surface area contributed by atoms with E-state index < -0.39 is 17.5 Å². The van der Waals surface area contributed by atoms with E-state index in [0.717, 1.165) is 11.6 Å². The Morgan fingerprint density at radius 3 is 2.31 bits per heavy atom. The first-order valence-corrected chi connectivity index (χ1v) is 8.64. The maximum Gasteiger partial charge on any atom is 0.255 e. The van der Waals surface area contributed by atoms with Gasteiger partial charge in [0.2, 0.25) is 0 Å². The third-order valence-electron chi connectivity index (χ3n) is 4.50. The average molecular weight is 383 g/mol. The predicted molar refractivity (Wildman–Crippen MR) is 93.7 cm³/mol. The molecule has 0 aliphatic carbocycles. The van der Waals surface area contributed by atoms with Crippen LogP contribution < -0.4 is 0 Å². The van der Waals surface area contributed by atoms with Crippen LogP contribution in [-0.2, 0) is 6.54 Å². The van der Waals surface area contributed by atoms with E-state index in [-0.39, 0.29) is 18.0 Å². The molecular formula is C19H18ClF3N2O. The van der Waals surface area contributed by atoms with E-state index in [1.54, 1.807) is 17.0 Å². The Kier molecular flexibility index (Phi) is 5.53. The predicted octanol–water partition coefficient (Wildman–Crippen LogP) is 4.02. The summed E-state index contributed by atoms with van der Waals surface area (Å²) in [7, 11) is 0. The normalized spacial score (nSPS) is 15.3. The van der Waals surface area contributed by atoms with E-state index in [0.29, 0.717) is 42.8 Å². The highest BCUT2D eigenvalue weighted by molar-refractivity contribution is 6.33. The van der Waals surface area contributed by atoms with Gasteiger partial charge in [0.1, 0.15) is 5.82 Å². The maximum atomic E-state index is 13.8. The first kappa shape index (κ1) is 18.7. The van der Waals surface area contributed by atoms with Gasteiger partial charge in [0.15, 0.2) is 11.6 Å². The molecule has 1 saturated heterocycles. The third-order valence-corrected chi connectivity index (χ3v) is 4.81. The van der Waals surface area contributed by atoms with E-state index in [4.69, 9.17) is 11.6 Å². The SMILES string of the molecule is Cc1ccc(C(=O)N2CCN(Cc3cc(F)c(F)cc3F)CC2)c(Cl)c1. The number of amides is 1. The molecule has 0 spiro atoms. The van der Waals surface area contributed by atoms with Gasteiger partial charge in [-0.3, -0.25) is 9.69 Å². The minimum absolute atomic E-state index is 0.102. The molecule has 26 heavy (non-hydrogen) atoms. The van der Waals surface area contributed by atoms with Gasteiger partial charge in [-0.15, -0.1) is 0 Å². The van der Waals surface area contributed by atoms with Crippen molar-refractivity contribution in [2.24, 2.45) is 0 Å². The molecule has 1 heterocycles. The lowest BCUT2D eigenvalue weighted by molar-refractivity contribution is 0.0627. The summed E-state index contributed by atoms with van der Waals surface area (Å²) in [5.74, 6) is -3.18. The van der Waals surface area contributed by atoms with Crippen molar-refractivity contribution in [3.8, 4) is 0 Å². The van der Waals surface area contributed by atoms with Gasteiger partial charge in [0, 0.05) is 44.4 Å². The lowest BCUT2D eigenvalue weighted by Gasteiger charge is -2.35. The van der Waals surface area contributed by atoms with Crippen molar-refractivity contribution < 1.29 is 18.0 Å². The molecule has 2 aromatic carbocycles. The number of benzene rings is 2. The van der Waals surface area contributed by atoms with E-state index in [2.05, 4.69) is 0 Å². The topological polar surface area (TPSA) is 23.6 Å². The van der Waals surface area contributed by atoms with Crippen LogP contribution >= 0.6 is 11.6 Å². The van der Waals surface area contributed by atoms with Crippen molar-refractivity contribution in [1.29, 1.82) is 0 Å². The van der Waals surface area contributed by atoms with Gasteiger partial charge in [-0.2, -0.15) is 0 Å². The summed E-state index contributed by atoms with van der Waals surface area (Å²) < 4.78 is 40.1. The van der Waals surface area contributed by atoms with Crippen LogP contribution in [0.25, 0.3) is 0 Å². The molecule has 0 atom stereocenters. The smallest absolute Gasteiger partial charge is 0.255 e. The second kappa shape index (κ2) is 7.68. The van der Waals surface area contributed by atoms with Gasteiger partial charge < -0.3 is 4.90 Å². The zero-order valence-corrected chi connectivity index (χ0v) is 15.0. The van der Waals surface area contributed by atoms with Crippen LogP contribution in [0.5, 0.6) is 0 Å². The minimum Gasteiger partial charge on any atom is -0.336 e. The molecule has 0 N–H and O–H groups in total. The number of aryl methyl sites for hydroxylation is 1. The molecule has 0 unspecified atom stereocenters. The van der Waals surface area contributed by atoms with Crippen LogP contribution in [0.15, 0.2) is 30.3 Å². The summed E-state index contributed by atoms with van der Waals surface area (Å²) in [5.41, 5.74) is 1.53. The molecule has 2 aromatic rings. The molecule has 0 bridgehead atoms. The van der Waals surface area contributed by atoms with Gasteiger partial charge in [0.25, 0.3) is 5.91 Å². The highest BCUT2D eigenvalue weighted by Crippen LogP contribution is 2.21. The molecule has 1 amide bonds. The number of halogens is 4. The van der Waals surface area contributed by atoms with E-state index in [1.807, 2.05) is 17.9 Å². The van der Waals surface area contributed by atoms with Gasteiger partial charge in [0.05, 0.1) is 10.6 Å². The molecule has 0 radical (unpaired) electrons. The molecule has 138 valence electrons. The molecule has 3 nitrogen and oxygen atoms in total. The van der Waals surface area contributed by atoms with Crippen LogP contribution in [0.1, 0.15) is 21.5 Å². The molecule has 7 heteroatoms. The summed E-state index contributed by atoms with van der Waals surface area (Å²) in [5, 5.41) is 0.418. The number of piperazine rings is 1. The van der Waals surface area contributed by atoms with E-state index >= 15 is 0 Å². The van der Waals surface area contributed by atoms with Crippen LogP contribution in [0, 0.1) is 24.4 Å². The lowest BCUT2D eigenvalue weighted by Crippen LogP contribution is -2.48. The van der Waals surface area contributed by atoms with Crippen molar-refractivity contribution >= 4 is 17.5 Å². The highest BCUT2D eigenvalue weighted by atomic mass is 35.5. The van der Waals surface area contributed by atoms with Gasteiger partial charge in [-0.1, -0.05) is 17.7 Å². The summed E-state index contributed by atoms with van der Waals surface area (Å²) in [4.78, 5) is 16.2. The Hall–Kier alpha value is -2.05. The van der Waals surface area contributed by atoms with Crippen molar-refractivity contribution in [2.75, 3.05) is 26.2 Å². The van der Waals surface area contributed by atoms with Crippen molar-refractivity contribution in [3.63, 3.8) is 0 Å². The molecule has 3 rings (SSSR count). The Morgan fingerprint density at radius 1 is 1.00 bits per heavy atom. The quantitative estimate of drug-likeness (QED) is 0.748. The van der Waals surface area contributed by atoms with Gasteiger partial charge >= 0.3 is 0 Å². The van der Waals surface area contributed by atoms with E-state index in [1.165, 1.54) is 0 Å². The fourth-order valence-electron chi connectivity index (χ4n) is 3.00. The maximum absolute atomic E-state index is 13.8. The summed E-state index contributed by atoms with van der Waals surface area (Å²) in [6.45, 7) is 3.98. The Bertz CT molecular complexity index is 836. The van der Waals surface area contributed by atoms with Gasteiger partial charge in [-0.05, 0) is 30.7 Å². The Balaban J connectivity index is 1.62. The van der Waals surface area contributed by atoms with Crippen LogP contribution in [0.3, 0.4) is 0 Å². The first-order valence-electron chi connectivity index (χ1n) is 8.26. The van der Waals surface area contributed by atoms with Crippen LogP contribution in [0.2, 0.25) is 5.02 Å². The van der Waals surface area contributed by atoms with Crippen LogP contribution in [-0.4, -0.2) is 41.9 Å². The minimum atomic E-state index is -1.20. The van der Waals surface area contributed by atoms with E-state index in [9.17, 15) is 18.0 Å². The molecule has 1 fully saturated rings. The standard InChI is InChI=1S/C19H18ClF3N2O/c1-12-2-3-14(15(20)8-12)19(26)25-6-4-24(5-7-25)11-13-9-17(22)18(23)10-16(13)21/h2-3,8-10H,4-7,11H2,1H3. The Morgan fingerprint density at radius 2 is 1.65 bits per heavy atom. The number of hydrogen-bond acceptors (Lipinski definition) is 2. The monoisotopic (exact) mass is 382 g/mol. The molecule has 1 aliphatic rings. The first-order chi connectivity index (χ1) is 12.3. The zero-order chi connectivity index (χ0) is 18.8. The third kappa shape index (κ3) is 4.02. The molecule has 1 aliphatic heterocycles. The number of rotatable bonds is 3. The number of nitrogens with zero attached hydrogens (tertiary/aromatic N) is 2. The van der Waals surface area contributed by atoms with Crippen molar-refractivity contribution in [2.45, 2.75) is 13.5 Å². The fraction of sp³-hybridized carbons (Fsp3) is 0.316. The number of hydrogen-bond donors (Lipinski definition) is 0. The highest BCUT2D eigenvalue weighted by Gasteiger charge is 2.24. The second-order valence-electron chi connectivity index (χ2n) is 6.41. The number of carbonyl (C=O) groups excluding carboxylic acids is 1. The van der Waals surface area contributed by atoms with Crippen LogP contribution in [0.4, 0.5) is 13.2 Å². The number of carbonyl (C=O) groups is 1. The lowest BCUT2D eigenvalue weighted by atomic mass is 10.1. The van der Waals surface area contributed by atoms with Crippen molar-refractivity contribution in [3.05, 3.63) is 69.5 Å². The van der Waals surface area contributed by atoms with Gasteiger partial charge in [-0.25, -0.2) is 13.2 Å². The second-order valence-corrected chi connectivity index (χ2v) is 6.82. The van der Waals surface area contributed by atoms with Crippen molar-refractivity contribution in [1.82, 2.24) is 9.80 Å². The molecular weight excluding hydrogens is 365 g/mol. The average Bonchev–Trinajstić information content (AvgIpc) is 2.60. The largest absolute Gasteiger partial charge is 0.336 e.